The molecule has 1 heterocycles. The van der Waals surface area contributed by atoms with E-state index in [0.717, 1.165) is 23.8 Å². The second-order valence-corrected chi connectivity index (χ2v) is 6.34. The number of nitrogens with one attached hydrogen (secondary N) is 1. The molecule has 7 heteroatoms. The molecule has 3 rings (SSSR count). The summed E-state index contributed by atoms with van der Waals surface area (Å²) in [5.41, 5.74) is 0.318. The van der Waals surface area contributed by atoms with Crippen molar-refractivity contribution in [3.8, 4) is 0 Å². The molecule has 122 valence electrons. The summed E-state index contributed by atoms with van der Waals surface area (Å²) in [7, 11) is 0. The van der Waals surface area contributed by atoms with E-state index >= 15 is 0 Å². The van der Waals surface area contributed by atoms with E-state index in [-0.39, 0.29) is 35.2 Å². The summed E-state index contributed by atoms with van der Waals surface area (Å²) in [4.78, 5) is 37.7. The first-order valence-corrected chi connectivity index (χ1v) is 7.95. The zero-order chi connectivity index (χ0) is 16.6. The highest BCUT2D eigenvalue weighted by atomic mass is 35.5. The number of benzene rings is 1. The summed E-state index contributed by atoms with van der Waals surface area (Å²) < 4.78 is 13.1. The minimum atomic E-state index is -0.585. The average Bonchev–Trinajstić information content (AvgIpc) is 2.76. The Bertz CT molecular complexity index is 655. The largest absolute Gasteiger partial charge is 0.324 e. The maximum Gasteiger partial charge on any atom is 0.244 e. The van der Waals surface area contributed by atoms with E-state index in [2.05, 4.69) is 5.32 Å². The van der Waals surface area contributed by atoms with Crippen molar-refractivity contribution in [2.45, 2.75) is 25.7 Å². The van der Waals surface area contributed by atoms with E-state index in [1.165, 1.54) is 12.1 Å². The molecule has 1 N–H and O–H groups in total. The van der Waals surface area contributed by atoms with Crippen molar-refractivity contribution in [1.82, 2.24) is 4.90 Å². The Labute approximate surface area is 137 Å². The van der Waals surface area contributed by atoms with Gasteiger partial charge in [-0.25, -0.2) is 4.39 Å². The number of anilines is 1. The molecule has 3 amide bonds. The van der Waals surface area contributed by atoms with Gasteiger partial charge in [-0.2, -0.15) is 0 Å². The fourth-order valence-electron chi connectivity index (χ4n) is 3.30. The first-order valence-electron chi connectivity index (χ1n) is 7.57. The second-order valence-electron chi connectivity index (χ2n) is 5.94. The fourth-order valence-corrected chi connectivity index (χ4v) is 3.49. The van der Waals surface area contributed by atoms with E-state index in [1.54, 1.807) is 0 Å². The number of nitrogens with zero attached hydrogens (tertiary/aromatic N) is 1. The van der Waals surface area contributed by atoms with Crippen molar-refractivity contribution in [2.24, 2.45) is 11.8 Å². The monoisotopic (exact) mass is 338 g/mol. The summed E-state index contributed by atoms with van der Waals surface area (Å²) in [6, 6.07) is 3.79. The van der Waals surface area contributed by atoms with Crippen molar-refractivity contribution >= 4 is 35.0 Å². The van der Waals surface area contributed by atoms with Gasteiger partial charge in [0.05, 0.1) is 16.9 Å². The van der Waals surface area contributed by atoms with Gasteiger partial charge in [0.1, 0.15) is 12.4 Å². The van der Waals surface area contributed by atoms with Crippen LogP contribution in [0.3, 0.4) is 0 Å². The van der Waals surface area contributed by atoms with Crippen molar-refractivity contribution in [3.05, 3.63) is 29.0 Å². The Balaban J connectivity index is 1.66. The molecule has 2 atom stereocenters. The molecular weight excluding hydrogens is 323 g/mol. The standard InChI is InChI=1S/C16H16ClFN2O3/c17-12-7-9(5-6-13(12)18)19-14(21)8-20-15(22)10-3-1-2-4-11(10)16(20)23/h5-7,10-11H,1-4,8H2,(H,19,21)/t10-,11+. The molecule has 0 aromatic heterocycles. The van der Waals surface area contributed by atoms with E-state index in [1.807, 2.05) is 0 Å². The number of carbonyl (C=O) groups excluding carboxylic acids is 3. The van der Waals surface area contributed by atoms with Gasteiger partial charge >= 0.3 is 0 Å². The summed E-state index contributed by atoms with van der Waals surface area (Å²) in [5.74, 6) is -2.15. The van der Waals surface area contributed by atoms with Crippen LogP contribution in [0.25, 0.3) is 0 Å². The molecule has 0 radical (unpaired) electrons. The van der Waals surface area contributed by atoms with Crippen LogP contribution in [0, 0.1) is 17.7 Å². The third kappa shape index (κ3) is 3.08. The molecule has 0 bridgehead atoms. The molecule has 1 saturated heterocycles. The van der Waals surface area contributed by atoms with Crippen LogP contribution in [0.5, 0.6) is 0 Å². The van der Waals surface area contributed by atoms with E-state index in [0.29, 0.717) is 18.5 Å². The number of amides is 3. The van der Waals surface area contributed by atoms with Gasteiger partial charge in [-0.05, 0) is 31.0 Å². The molecule has 1 aromatic rings. The molecule has 1 aliphatic heterocycles. The number of hydrogen-bond acceptors (Lipinski definition) is 3. The molecule has 1 saturated carbocycles. The second kappa shape index (κ2) is 6.28. The molecule has 2 aliphatic rings. The van der Waals surface area contributed by atoms with Crippen LogP contribution >= 0.6 is 11.6 Å². The van der Waals surface area contributed by atoms with Crippen molar-refractivity contribution < 1.29 is 18.8 Å². The first-order chi connectivity index (χ1) is 11.0. The van der Waals surface area contributed by atoms with Gasteiger partial charge in [0.25, 0.3) is 0 Å². The van der Waals surface area contributed by atoms with E-state index in [9.17, 15) is 18.8 Å². The highest BCUT2D eigenvalue weighted by Gasteiger charge is 2.48. The Morgan fingerprint density at radius 3 is 2.39 bits per heavy atom. The summed E-state index contributed by atoms with van der Waals surface area (Å²) in [6.45, 7) is -0.320. The van der Waals surface area contributed by atoms with Crippen LogP contribution < -0.4 is 5.32 Å². The number of likely N-dealkylation sites (tertiary alicyclic amines) is 1. The fraction of sp³-hybridized carbons (Fsp3) is 0.438. The zero-order valence-corrected chi connectivity index (χ0v) is 13.1. The van der Waals surface area contributed by atoms with Crippen molar-refractivity contribution in [3.63, 3.8) is 0 Å². The number of hydrogen-bond donors (Lipinski definition) is 1. The first kappa shape index (κ1) is 15.9. The molecule has 2 fully saturated rings. The number of rotatable bonds is 3. The van der Waals surface area contributed by atoms with E-state index in [4.69, 9.17) is 11.6 Å². The molecular formula is C16H16ClFN2O3. The van der Waals surface area contributed by atoms with Gasteiger partial charge < -0.3 is 5.32 Å². The van der Waals surface area contributed by atoms with E-state index < -0.39 is 11.7 Å². The number of halogens is 2. The molecule has 0 unspecified atom stereocenters. The average molecular weight is 339 g/mol. The Morgan fingerprint density at radius 2 is 1.83 bits per heavy atom. The lowest BCUT2D eigenvalue weighted by atomic mass is 9.81. The molecule has 0 spiro atoms. The SMILES string of the molecule is O=C(CN1C(=O)[C@H]2CCCC[C@H]2C1=O)Nc1ccc(F)c(Cl)c1. The minimum absolute atomic E-state index is 0.109. The van der Waals surface area contributed by atoms with Crippen molar-refractivity contribution in [1.29, 1.82) is 0 Å². The van der Waals surface area contributed by atoms with Gasteiger partial charge in [-0.3, -0.25) is 19.3 Å². The molecule has 5 nitrogen and oxygen atoms in total. The van der Waals surface area contributed by atoms with Gasteiger partial charge in [0.2, 0.25) is 17.7 Å². The zero-order valence-electron chi connectivity index (χ0n) is 12.4. The van der Waals surface area contributed by atoms with Crippen LogP contribution in [0.1, 0.15) is 25.7 Å². The van der Waals surface area contributed by atoms with Gasteiger partial charge in [0.15, 0.2) is 0 Å². The predicted molar refractivity (Wildman–Crippen MR) is 82.2 cm³/mol. The summed E-state index contributed by atoms with van der Waals surface area (Å²) in [6.07, 6.45) is 3.30. The quantitative estimate of drug-likeness (QED) is 0.861. The third-order valence-corrected chi connectivity index (χ3v) is 4.73. The number of imide groups is 1. The van der Waals surface area contributed by atoms with Gasteiger partial charge in [-0.1, -0.05) is 24.4 Å². The highest BCUT2D eigenvalue weighted by Crippen LogP contribution is 2.37. The number of carbonyl (C=O) groups is 3. The smallest absolute Gasteiger partial charge is 0.244 e. The van der Waals surface area contributed by atoms with Crippen LogP contribution in [0.4, 0.5) is 10.1 Å². The lowest BCUT2D eigenvalue weighted by Crippen LogP contribution is -2.38. The number of fused-ring (bicyclic) bond motifs is 1. The minimum Gasteiger partial charge on any atom is -0.324 e. The van der Waals surface area contributed by atoms with Crippen LogP contribution in [0.2, 0.25) is 5.02 Å². The van der Waals surface area contributed by atoms with Crippen LogP contribution in [-0.4, -0.2) is 29.2 Å². The molecule has 23 heavy (non-hydrogen) atoms. The van der Waals surface area contributed by atoms with Crippen molar-refractivity contribution in [2.75, 3.05) is 11.9 Å². The predicted octanol–water partition coefficient (Wildman–Crippen LogP) is 2.59. The lowest BCUT2D eigenvalue weighted by Gasteiger charge is -2.19. The topological polar surface area (TPSA) is 66.5 Å². The summed E-state index contributed by atoms with van der Waals surface area (Å²) in [5, 5.41) is 2.41. The van der Waals surface area contributed by atoms with Crippen LogP contribution in [0.15, 0.2) is 18.2 Å². The molecule has 1 aromatic carbocycles. The lowest BCUT2D eigenvalue weighted by molar-refractivity contribution is -0.142. The summed E-state index contributed by atoms with van der Waals surface area (Å²) >= 11 is 5.65. The maximum atomic E-state index is 13.1. The van der Waals surface area contributed by atoms with Gasteiger partial charge in [-0.15, -0.1) is 0 Å². The Kier molecular flexibility index (Phi) is 4.35. The maximum absolute atomic E-state index is 13.1. The normalized spacial score (nSPS) is 23.8. The highest BCUT2D eigenvalue weighted by molar-refractivity contribution is 6.31. The molecule has 1 aliphatic carbocycles. The Morgan fingerprint density at radius 1 is 1.22 bits per heavy atom. The van der Waals surface area contributed by atoms with Crippen LogP contribution in [-0.2, 0) is 14.4 Å². The Hall–Kier alpha value is -1.95. The van der Waals surface area contributed by atoms with Gasteiger partial charge in [0, 0.05) is 5.69 Å². The third-order valence-electron chi connectivity index (χ3n) is 4.44.